The second-order valence-electron chi connectivity index (χ2n) is 5.98. The topological polar surface area (TPSA) is 92.0 Å². The molecule has 0 radical (unpaired) electrons. The highest BCUT2D eigenvalue weighted by Crippen LogP contribution is 2.23. The third kappa shape index (κ3) is 4.56. The van der Waals surface area contributed by atoms with Gasteiger partial charge in [0.1, 0.15) is 23.7 Å². The number of ketones is 1. The molecule has 1 heterocycles. The van der Waals surface area contributed by atoms with Gasteiger partial charge in [-0.25, -0.2) is 9.59 Å². The van der Waals surface area contributed by atoms with Crippen LogP contribution in [0.5, 0.6) is 11.5 Å². The first-order chi connectivity index (χ1) is 13.5. The molecule has 0 unspecified atom stereocenters. The number of ether oxygens (including phenoxy) is 3. The Bertz CT molecular complexity index is 1060. The molecule has 0 amide bonds. The van der Waals surface area contributed by atoms with E-state index in [4.69, 9.17) is 18.6 Å². The minimum atomic E-state index is -0.592. The third-order valence-electron chi connectivity index (χ3n) is 4.04. The van der Waals surface area contributed by atoms with Crippen LogP contribution < -0.4 is 15.1 Å². The molecule has 0 spiro atoms. The molecule has 0 atom stereocenters. The van der Waals surface area contributed by atoms with Gasteiger partial charge in [0.25, 0.3) is 0 Å². The van der Waals surface area contributed by atoms with Crippen molar-refractivity contribution in [2.24, 2.45) is 0 Å². The van der Waals surface area contributed by atoms with E-state index < -0.39 is 11.6 Å². The molecule has 0 aliphatic carbocycles. The van der Waals surface area contributed by atoms with E-state index in [1.54, 1.807) is 42.5 Å². The van der Waals surface area contributed by atoms with E-state index >= 15 is 0 Å². The molecule has 1 aromatic heterocycles. The van der Waals surface area contributed by atoms with E-state index in [1.807, 2.05) is 0 Å². The van der Waals surface area contributed by atoms with Gasteiger partial charge in [-0.05, 0) is 43.3 Å². The van der Waals surface area contributed by atoms with Gasteiger partial charge >= 0.3 is 11.6 Å². The highest BCUT2D eigenvalue weighted by Gasteiger charge is 2.11. The van der Waals surface area contributed by atoms with Crippen molar-refractivity contribution in [3.8, 4) is 11.5 Å². The Balaban J connectivity index is 1.62. The molecular formula is C21H18O7. The molecule has 3 aromatic rings. The summed E-state index contributed by atoms with van der Waals surface area (Å²) in [6, 6.07) is 12.8. The van der Waals surface area contributed by atoms with Gasteiger partial charge in [0.2, 0.25) is 0 Å². The van der Waals surface area contributed by atoms with E-state index in [0.29, 0.717) is 33.6 Å². The molecule has 0 saturated heterocycles. The summed E-state index contributed by atoms with van der Waals surface area (Å²) in [6.07, 6.45) is 0. The maximum atomic E-state index is 12.0. The van der Waals surface area contributed by atoms with Crippen molar-refractivity contribution in [3.63, 3.8) is 0 Å². The van der Waals surface area contributed by atoms with Gasteiger partial charge in [-0.15, -0.1) is 0 Å². The number of carbonyl (C=O) groups excluding carboxylic acids is 2. The van der Waals surface area contributed by atoms with Crippen LogP contribution in [0.3, 0.4) is 0 Å². The number of hydrogen-bond donors (Lipinski definition) is 0. The summed E-state index contributed by atoms with van der Waals surface area (Å²) in [5.41, 5.74) is 0.878. The lowest BCUT2D eigenvalue weighted by molar-refractivity contribution is -0.147. The summed E-state index contributed by atoms with van der Waals surface area (Å²) >= 11 is 0. The normalized spacial score (nSPS) is 10.5. The zero-order chi connectivity index (χ0) is 20.1. The third-order valence-corrected chi connectivity index (χ3v) is 4.04. The van der Waals surface area contributed by atoms with Crippen LogP contribution in [0, 0.1) is 0 Å². The summed E-state index contributed by atoms with van der Waals surface area (Å²) in [7, 11) is 1.51. The van der Waals surface area contributed by atoms with E-state index in [9.17, 15) is 14.4 Å². The Labute approximate surface area is 160 Å². The number of methoxy groups -OCH3 is 1. The van der Waals surface area contributed by atoms with E-state index in [-0.39, 0.29) is 19.0 Å². The Morgan fingerprint density at radius 1 is 1.00 bits per heavy atom. The Morgan fingerprint density at radius 3 is 2.39 bits per heavy atom. The molecule has 0 aliphatic rings. The van der Waals surface area contributed by atoms with Crippen molar-refractivity contribution >= 4 is 22.7 Å². The molecule has 3 rings (SSSR count). The van der Waals surface area contributed by atoms with Crippen LogP contribution in [0.1, 0.15) is 22.8 Å². The summed E-state index contributed by atoms with van der Waals surface area (Å²) in [6.45, 7) is 1.07. The van der Waals surface area contributed by atoms with Crippen LogP contribution in [0.4, 0.5) is 0 Å². The number of benzene rings is 2. The van der Waals surface area contributed by atoms with Gasteiger partial charge in [0, 0.05) is 28.6 Å². The lowest BCUT2D eigenvalue weighted by Crippen LogP contribution is -2.15. The zero-order valence-electron chi connectivity index (χ0n) is 15.4. The number of hydrogen-bond acceptors (Lipinski definition) is 7. The fraction of sp³-hybridized carbons (Fsp3) is 0.190. The van der Waals surface area contributed by atoms with E-state index in [2.05, 4.69) is 0 Å². The van der Waals surface area contributed by atoms with Crippen LogP contribution in [-0.2, 0) is 16.1 Å². The van der Waals surface area contributed by atoms with Crippen molar-refractivity contribution < 1.29 is 28.2 Å². The van der Waals surface area contributed by atoms with Crippen LogP contribution in [0.15, 0.2) is 57.7 Å². The van der Waals surface area contributed by atoms with E-state index in [1.165, 1.54) is 20.1 Å². The molecule has 7 heteroatoms. The lowest BCUT2D eigenvalue weighted by Gasteiger charge is -2.09. The maximum absolute atomic E-state index is 12.0. The smallest absolute Gasteiger partial charge is 0.344 e. The van der Waals surface area contributed by atoms with Gasteiger partial charge in [-0.2, -0.15) is 0 Å². The first kappa shape index (κ1) is 19.2. The monoisotopic (exact) mass is 382 g/mol. The molecule has 0 saturated carbocycles. The van der Waals surface area contributed by atoms with Crippen molar-refractivity contribution in [1.29, 1.82) is 0 Å². The van der Waals surface area contributed by atoms with Gasteiger partial charge in [-0.3, -0.25) is 4.79 Å². The van der Waals surface area contributed by atoms with Gasteiger partial charge < -0.3 is 18.6 Å². The Hall–Kier alpha value is -3.61. The lowest BCUT2D eigenvalue weighted by atomic mass is 10.1. The van der Waals surface area contributed by atoms with Crippen LogP contribution in [0.2, 0.25) is 0 Å². The molecule has 0 bridgehead atoms. The minimum Gasteiger partial charge on any atom is -0.497 e. The largest absolute Gasteiger partial charge is 0.497 e. The van der Waals surface area contributed by atoms with Gasteiger partial charge in [0.05, 0.1) is 7.11 Å². The molecule has 2 aromatic carbocycles. The highest BCUT2D eigenvalue weighted by atomic mass is 16.6. The molecule has 0 N–H and O–H groups in total. The molecule has 28 heavy (non-hydrogen) atoms. The second kappa shape index (κ2) is 8.39. The van der Waals surface area contributed by atoms with Gasteiger partial charge in [-0.1, -0.05) is 0 Å². The highest BCUT2D eigenvalue weighted by molar-refractivity contribution is 5.94. The van der Waals surface area contributed by atoms with E-state index in [0.717, 1.165) is 0 Å². The molecule has 144 valence electrons. The van der Waals surface area contributed by atoms with Crippen molar-refractivity contribution in [2.75, 3.05) is 13.7 Å². The van der Waals surface area contributed by atoms with Crippen LogP contribution >= 0.6 is 0 Å². The molecule has 0 fully saturated rings. The Kier molecular flexibility index (Phi) is 5.74. The van der Waals surface area contributed by atoms with Crippen molar-refractivity contribution in [2.45, 2.75) is 13.5 Å². The predicted molar refractivity (Wildman–Crippen MR) is 101 cm³/mol. The molecule has 0 aliphatic heterocycles. The quantitative estimate of drug-likeness (QED) is 0.352. The number of fused-ring (bicyclic) bond motifs is 1. The Morgan fingerprint density at radius 2 is 1.71 bits per heavy atom. The standard InChI is InChI=1S/C21H18O7/c1-13(22)14-3-5-16(6-4-14)26-12-21(24)27-11-15-9-20(23)28-19-10-17(25-2)7-8-18(15)19/h3-10H,11-12H2,1-2H3. The predicted octanol–water partition coefficient (Wildman–Crippen LogP) is 3.13. The summed E-state index contributed by atoms with van der Waals surface area (Å²) in [4.78, 5) is 34.9. The molecule has 7 nitrogen and oxygen atoms in total. The van der Waals surface area contributed by atoms with Gasteiger partial charge in [0.15, 0.2) is 12.4 Å². The SMILES string of the molecule is COc1ccc2c(COC(=O)COc3ccc(C(C)=O)cc3)cc(=O)oc2c1. The van der Waals surface area contributed by atoms with Crippen molar-refractivity contribution in [3.05, 3.63) is 70.1 Å². The number of rotatable bonds is 7. The molecular weight excluding hydrogens is 364 g/mol. The average molecular weight is 382 g/mol. The second-order valence-corrected chi connectivity index (χ2v) is 5.98. The first-order valence-corrected chi connectivity index (χ1v) is 8.46. The van der Waals surface area contributed by atoms with Crippen molar-refractivity contribution in [1.82, 2.24) is 0 Å². The summed E-state index contributed by atoms with van der Waals surface area (Å²) in [5.74, 6) is 0.350. The number of carbonyl (C=O) groups is 2. The summed E-state index contributed by atoms with van der Waals surface area (Å²) < 4.78 is 20.8. The first-order valence-electron chi connectivity index (χ1n) is 8.46. The number of Topliss-reactive ketones (excluding diaryl/α,β-unsaturated/α-hetero) is 1. The zero-order valence-corrected chi connectivity index (χ0v) is 15.4. The van der Waals surface area contributed by atoms with Crippen LogP contribution in [0.25, 0.3) is 11.0 Å². The number of esters is 1. The fourth-order valence-electron chi connectivity index (χ4n) is 2.58. The minimum absolute atomic E-state index is 0.0526. The average Bonchev–Trinajstić information content (AvgIpc) is 2.70. The maximum Gasteiger partial charge on any atom is 0.344 e. The summed E-state index contributed by atoms with van der Waals surface area (Å²) in [5, 5.41) is 0.647. The van der Waals surface area contributed by atoms with Crippen LogP contribution in [-0.4, -0.2) is 25.5 Å². The fourth-order valence-corrected chi connectivity index (χ4v) is 2.58.